The summed E-state index contributed by atoms with van der Waals surface area (Å²) in [5.74, 6) is 0.462. The summed E-state index contributed by atoms with van der Waals surface area (Å²) in [6.45, 7) is 0.585. The Bertz CT molecular complexity index is 1180. The Kier molecular flexibility index (Phi) is 5.47. The first-order chi connectivity index (χ1) is 15.9. The number of amides is 1. The molecule has 1 aliphatic carbocycles. The number of aryl methyl sites for hydroxylation is 2. The second-order valence-electron chi connectivity index (χ2n) is 8.33. The zero-order valence-electron chi connectivity index (χ0n) is 17.7. The van der Waals surface area contributed by atoms with Gasteiger partial charge in [-0.2, -0.15) is 0 Å². The summed E-state index contributed by atoms with van der Waals surface area (Å²) in [7, 11) is 0. The van der Waals surface area contributed by atoms with Crippen LogP contribution in [0.25, 0.3) is 0 Å². The number of hydrogen-bond donors (Lipinski definition) is 0. The summed E-state index contributed by atoms with van der Waals surface area (Å²) in [4.78, 5) is 27.3. The molecule has 3 heterocycles. The van der Waals surface area contributed by atoms with E-state index in [-0.39, 0.29) is 11.7 Å². The monoisotopic (exact) mass is 454 g/mol. The Morgan fingerprint density at radius 2 is 1.88 bits per heavy atom. The number of aromatic nitrogens is 3. The highest BCUT2D eigenvalue weighted by Gasteiger charge is 2.32. The van der Waals surface area contributed by atoms with Crippen LogP contribution in [0, 0.1) is 0 Å². The van der Waals surface area contributed by atoms with Gasteiger partial charge in [-0.1, -0.05) is 6.07 Å². The average Bonchev–Trinajstić information content (AvgIpc) is 3.55. The first kappa shape index (κ1) is 21.4. The molecule has 0 bridgehead atoms. The molecular weight excluding hydrogens is 433 g/mol. The van der Waals surface area contributed by atoms with Gasteiger partial charge < -0.3 is 9.64 Å². The third-order valence-electron chi connectivity index (χ3n) is 5.88. The van der Waals surface area contributed by atoms with E-state index in [1.807, 2.05) is 12.1 Å². The Morgan fingerprint density at radius 3 is 2.61 bits per heavy atom. The van der Waals surface area contributed by atoms with Gasteiger partial charge in [-0.25, -0.2) is 9.97 Å². The van der Waals surface area contributed by atoms with E-state index in [0.29, 0.717) is 36.7 Å². The zero-order chi connectivity index (χ0) is 23.0. The van der Waals surface area contributed by atoms with Crippen molar-refractivity contribution in [2.75, 3.05) is 11.4 Å². The number of halogens is 3. The fourth-order valence-corrected chi connectivity index (χ4v) is 4.12. The maximum Gasteiger partial charge on any atom is 0.573 e. The van der Waals surface area contributed by atoms with Crippen molar-refractivity contribution in [2.45, 2.75) is 44.4 Å². The molecular formula is C24H21F3N4O2. The van der Waals surface area contributed by atoms with Crippen molar-refractivity contribution in [3.8, 4) is 5.75 Å². The minimum atomic E-state index is -4.72. The summed E-state index contributed by atoms with van der Waals surface area (Å²) in [6.07, 6.45) is 5.33. The van der Waals surface area contributed by atoms with Crippen molar-refractivity contribution in [1.29, 1.82) is 0 Å². The maximum absolute atomic E-state index is 12.9. The number of rotatable bonds is 6. The van der Waals surface area contributed by atoms with E-state index in [1.165, 1.54) is 24.5 Å². The normalized spacial score (nSPS) is 15.4. The Balaban J connectivity index is 1.26. The predicted octanol–water partition coefficient (Wildman–Crippen LogP) is 4.64. The van der Waals surface area contributed by atoms with E-state index in [2.05, 4.69) is 19.7 Å². The number of carbonyl (C=O) groups is 1. The Morgan fingerprint density at radius 1 is 1.09 bits per heavy atom. The van der Waals surface area contributed by atoms with Crippen LogP contribution in [0.15, 0.2) is 49.1 Å². The number of anilines is 1. The molecule has 0 N–H and O–H groups in total. The molecule has 1 aromatic carbocycles. The van der Waals surface area contributed by atoms with Gasteiger partial charge in [-0.15, -0.1) is 13.2 Å². The van der Waals surface area contributed by atoms with Crippen molar-refractivity contribution in [2.24, 2.45) is 0 Å². The molecule has 2 aliphatic rings. The molecule has 170 valence electrons. The summed E-state index contributed by atoms with van der Waals surface area (Å²) < 4.78 is 42.2. The SMILES string of the molecule is O=C(c1cnc(CCc2cc(OC(F)(F)F)cc(C3CC3)c2)nc1)N1CCc2cnccc21. The number of benzene rings is 1. The van der Waals surface area contributed by atoms with E-state index in [0.717, 1.165) is 41.6 Å². The molecule has 1 fully saturated rings. The standard InChI is InChI=1S/C24H21F3N4O2/c25-24(26,27)33-20-10-15(9-18(11-20)16-2-3-16)1-4-22-29-13-19(14-30-22)23(32)31-8-6-17-12-28-7-5-21(17)31/h5,7,9-14,16H,1-4,6,8H2. The van der Waals surface area contributed by atoms with E-state index in [1.54, 1.807) is 17.3 Å². The van der Waals surface area contributed by atoms with Crippen LogP contribution in [-0.4, -0.2) is 33.8 Å². The van der Waals surface area contributed by atoms with Crippen molar-refractivity contribution in [3.63, 3.8) is 0 Å². The largest absolute Gasteiger partial charge is 0.573 e. The van der Waals surface area contributed by atoms with Gasteiger partial charge in [0.05, 0.1) is 11.3 Å². The van der Waals surface area contributed by atoms with Crippen LogP contribution in [0.3, 0.4) is 0 Å². The molecule has 2 aromatic heterocycles. The van der Waals surface area contributed by atoms with E-state index in [4.69, 9.17) is 0 Å². The molecule has 9 heteroatoms. The van der Waals surface area contributed by atoms with Crippen molar-refractivity contribution >= 4 is 11.6 Å². The van der Waals surface area contributed by atoms with Crippen LogP contribution >= 0.6 is 0 Å². The minimum Gasteiger partial charge on any atom is -0.406 e. The van der Waals surface area contributed by atoms with Crippen molar-refractivity contribution in [1.82, 2.24) is 15.0 Å². The van der Waals surface area contributed by atoms with Crippen LogP contribution in [-0.2, 0) is 19.3 Å². The highest BCUT2D eigenvalue weighted by atomic mass is 19.4. The molecule has 3 aromatic rings. The van der Waals surface area contributed by atoms with Crippen molar-refractivity contribution < 1.29 is 22.7 Å². The van der Waals surface area contributed by atoms with Crippen LogP contribution in [0.1, 0.15) is 51.6 Å². The Hall–Kier alpha value is -3.49. The molecule has 6 nitrogen and oxygen atoms in total. The number of nitrogens with zero attached hydrogens (tertiary/aromatic N) is 4. The summed E-state index contributed by atoms with van der Waals surface area (Å²) in [6, 6.07) is 6.63. The summed E-state index contributed by atoms with van der Waals surface area (Å²) in [5.41, 5.74) is 3.89. The number of fused-ring (bicyclic) bond motifs is 1. The molecule has 0 unspecified atom stereocenters. The lowest BCUT2D eigenvalue weighted by Crippen LogP contribution is -2.29. The third kappa shape index (κ3) is 4.97. The quantitative estimate of drug-likeness (QED) is 0.543. The zero-order valence-corrected chi connectivity index (χ0v) is 17.7. The van der Waals surface area contributed by atoms with Gasteiger partial charge in [0.2, 0.25) is 0 Å². The number of hydrogen-bond acceptors (Lipinski definition) is 5. The fourth-order valence-electron chi connectivity index (χ4n) is 4.12. The van der Waals surface area contributed by atoms with Gasteiger partial charge in [0.1, 0.15) is 11.6 Å². The van der Waals surface area contributed by atoms with Crippen LogP contribution in [0.2, 0.25) is 0 Å². The molecule has 0 atom stereocenters. The molecule has 1 amide bonds. The third-order valence-corrected chi connectivity index (χ3v) is 5.88. The van der Waals surface area contributed by atoms with Crippen LogP contribution < -0.4 is 9.64 Å². The lowest BCUT2D eigenvalue weighted by molar-refractivity contribution is -0.274. The van der Waals surface area contributed by atoms with Crippen LogP contribution in [0.5, 0.6) is 5.75 Å². The molecule has 1 saturated carbocycles. The number of ether oxygens (including phenoxy) is 1. The lowest BCUT2D eigenvalue weighted by atomic mass is 10.0. The lowest BCUT2D eigenvalue weighted by Gasteiger charge is -2.16. The van der Waals surface area contributed by atoms with Gasteiger partial charge in [-0.3, -0.25) is 9.78 Å². The van der Waals surface area contributed by atoms with Gasteiger partial charge in [0.25, 0.3) is 5.91 Å². The molecule has 0 saturated heterocycles. The second-order valence-corrected chi connectivity index (χ2v) is 8.33. The highest BCUT2D eigenvalue weighted by molar-refractivity contribution is 6.06. The molecule has 1 aliphatic heterocycles. The Labute approximate surface area is 188 Å². The second kappa shape index (κ2) is 8.46. The van der Waals surface area contributed by atoms with Crippen LogP contribution in [0.4, 0.5) is 18.9 Å². The fraction of sp³-hybridized carbons (Fsp3) is 0.333. The van der Waals surface area contributed by atoms with E-state index >= 15 is 0 Å². The first-order valence-corrected chi connectivity index (χ1v) is 10.8. The average molecular weight is 454 g/mol. The van der Waals surface area contributed by atoms with Gasteiger partial charge in [0, 0.05) is 37.8 Å². The maximum atomic E-state index is 12.9. The van der Waals surface area contributed by atoms with E-state index < -0.39 is 6.36 Å². The summed E-state index contributed by atoms with van der Waals surface area (Å²) in [5, 5.41) is 0. The van der Waals surface area contributed by atoms with E-state index in [9.17, 15) is 18.0 Å². The van der Waals surface area contributed by atoms with Crippen molar-refractivity contribution in [3.05, 3.63) is 77.1 Å². The van der Waals surface area contributed by atoms with Gasteiger partial charge in [-0.05, 0) is 66.5 Å². The van der Waals surface area contributed by atoms with Gasteiger partial charge in [0.15, 0.2) is 0 Å². The molecule has 33 heavy (non-hydrogen) atoms. The number of alkyl halides is 3. The minimum absolute atomic E-state index is 0.169. The number of carbonyl (C=O) groups excluding carboxylic acids is 1. The smallest absolute Gasteiger partial charge is 0.406 e. The van der Waals surface area contributed by atoms with Gasteiger partial charge >= 0.3 is 6.36 Å². The number of pyridine rings is 1. The predicted molar refractivity (Wildman–Crippen MR) is 114 cm³/mol. The molecule has 0 spiro atoms. The first-order valence-electron chi connectivity index (χ1n) is 10.8. The summed E-state index contributed by atoms with van der Waals surface area (Å²) >= 11 is 0. The highest BCUT2D eigenvalue weighted by Crippen LogP contribution is 2.42. The molecule has 5 rings (SSSR count). The molecule has 0 radical (unpaired) electrons. The topological polar surface area (TPSA) is 68.2 Å².